The van der Waals surface area contributed by atoms with Crippen LogP contribution in [0.15, 0.2) is 28.8 Å². The molecule has 1 unspecified atom stereocenters. The molecule has 22 heavy (non-hydrogen) atoms. The second kappa shape index (κ2) is 6.54. The molecule has 0 bridgehead atoms. The average Bonchev–Trinajstić information content (AvgIpc) is 2.97. The number of morpholine rings is 1. The van der Waals surface area contributed by atoms with E-state index in [1.807, 2.05) is 13.8 Å². The van der Waals surface area contributed by atoms with E-state index in [0.29, 0.717) is 19.0 Å². The smallest absolute Gasteiger partial charge is 0.240 e. The molecule has 0 amide bonds. The predicted molar refractivity (Wildman–Crippen MR) is 78.8 cm³/mol. The van der Waals surface area contributed by atoms with Gasteiger partial charge in [-0.2, -0.15) is 4.98 Å². The summed E-state index contributed by atoms with van der Waals surface area (Å²) in [5.74, 6) is 1.39. The van der Waals surface area contributed by atoms with Crippen LogP contribution in [0.4, 0.5) is 4.39 Å². The van der Waals surface area contributed by atoms with Gasteiger partial charge in [0.2, 0.25) is 5.89 Å². The van der Waals surface area contributed by atoms with Gasteiger partial charge in [0.25, 0.3) is 0 Å². The van der Waals surface area contributed by atoms with Crippen LogP contribution >= 0.6 is 0 Å². The van der Waals surface area contributed by atoms with E-state index in [2.05, 4.69) is 15.0 Å². The van der Waals surface area contributed by atoms with Gasteiger partial charge in [0.15, 0.2) is 5.82 Å². The van der Waals surface area contributed by atoms with E-state index in [9.17, 15) is 4.39 Å². The molecule has 3 rings (SSSR count). The summed E-state index contributed by atoms with van der Waals surface area (Å²) in [6.07, 6.45) is -0.0539. The Balaban J connectivity index is 1.63. The molecular weight excluding hydrogens is 285 g/mol. The van der Waals surface area contributed by atoms with Crippen LogP contribution in [0.2, 0.25) is 0 Å². The second-order valence-electron chi connectivity index (χ2n) is 5.85. The minimum absolute atomic E-state index is 0.0539. The van der Waals surface area contributed by atoms with Crippen molar-refractivity contribution >= 4 is 0 Å². The predicted octanol–water partition coefficient (Wildman–Crippen LogP) is 2.91. The van der Waals surface area contributed by atoms with Crippen LogP contribution in [0.1, 0.15) is 43.1 Å². The molecule has 6 heteroatoms. The number of nitrogens with zero attached hydrogens (tertiary/aromatic N) is 3. The van der Waals surface area contributed by atoms with Crippen molar-refractivity contribution in [3.8, 4) is 0 Å². The molecule has 0 spiro atoms. The Morgan fingerprint density at radius 2 is 2.09 bits per heavy atom. The summed E-state index contributed by atoms with van der Waals surface area (Å²) in [7, 11) is 0. The highest BCUT2D eigenvalue weighted by Gasteiger charge is 2.23. The van der Waals surface area contributed by atoms with Crippen molar-refractivity contribution in [1.82, 2.24) is 15.0 Å². The van der Waals surface area contributed by atoms with Gasteiger partial charge in [-0.3, -0.25) is 4.90 Å². The Labute approximate surface area is 129 Å². The van der Waals surface area contributed by atoms with E-state index >= 15 is 0 Å². The zero-order chi connectivity index (χ0) is 15.5. The lowest BCUT2D eigenvalue weighted by Crippen LogP contribution is -2.37. The molecular formula is C16H20FN3O2. The first-order valence-electron chi connectivity index (χ1n) is 7.53. The van der Waals surface area contributed by atoms with Crippen LogP contribution in [-0.4, -0.2) is 34.7 Å². The van der Waals surface area contributed by atoms with E-state index in [4.69, 9.17) is 9.26 Å². The Kier molecular flexibility index (Phi) is 4.49. The molecule has 2 aromatic rings. The summed E-state index contributed by atoms with van der Waals surface area (Å²) in [5.41, 5.74) is 0.986. The summed E-state index contributed by atoms with van der Waals surface area (Å²) in [6.45, 7) is 6.86. The fourth-order valence-corrected chi connectivity index (χ4v) is 2.48. The largest absolute Gasteiger partial charge is 0.371 e. The van der Waals surface area contributed by atoms with Crippen molar-refractivity contribution in [1.29, 1.82) is 0 Å². The van der Waals surface area contributed by atoms with Gasteiger partial charge in [-0.15, -0.1) is 0 Å². The van der Waals surface area contributed by atoms with Gasteiger partial charge in [0.1, 0.15) is 5.82 Å². The summed E-state index contributed by atoms with van der Waals surface area (Å²) in [4.78, 5) is 6.62. The van der Waals surface area contributed by atoms with Crippen LogP contribution in [-0.2, 0) is 11.3 Å². The van der Waals surface area contributed by atoms with E-state index in [-0.39, 0.29) is 17.8 Å². The number of ether oxygens (including phenoxy) is 1. The monoisotopic (exact) mass is 305 g/mol. The number of aromatic nitrogens is 2. The summed E-state index contributed by atoms with van der Waals surface area (Å²) in [6, 6.07) is 6.47. The molecule has 0 radical (unpaired) electrons. The third-order valence-corrected chi connectivity index (χ3v) is 3.75. The number of hydrogen-bond acceptors (Lipinski definition) is 5. The summed E-state index contributed by atoms with van der Waals surface area (Å²) in [5, 5.41) is 3.98. The summed E-state index contributed by atoms with van der Waals surface area (Å²) >= 11 is 0. The highest BCUT2D eigenvalue weighted by atomic mass is 19.1. The molecule has 0 saturated carbocycles. The maximum atomic E-state index is 13.0. The molecule has 1 atom stereocenters. The van der Waals surface area contributed by atoms with E-state index in [1.165, 1.54) is 12.1 Å². The van der Waals surface area contributed by atoms with Crippen molar-refractivity contribution in [2.24, 2.45) is 0 Å². The molecule has 1 aromatic carbocycles. The fourth-order valence-electron chi connectivity index (χ4n) is 2.48. The minimum Gasteiger partial charge on any atom is -0.371 e. The van der Waals surface area contributed by atoms with Gasteiger partial charge in [-0.25, -0.2) is 4.39 Å². The standard InChI is InChI=1S/C16H20FN3O2/c1-11(2)16-18-15(22-19-16)10-20-7-8-21-14(9-20)12-3-5-13(17)6-4-12/h3-6,11,14H,7-10H2,1-2H3. The fraction of sp³-hybridized carbons (Fsp3) is 0.500. The minimum atomic E-state index is -0.233. The summed E-state index contributed by atoms with van der Waals surface area (Å²) < 4.78 is 24.1. The number of halogens is 1. The molecule has 0 N–H and O–H groups in total. The first-order chi connectivity index (χ1) is 10.6. The van der Waals surface area contributed by atoms with Crippen LogP contribution < -0.4 is 0 Å². The van der Waals surface area contributed by atoms with Gasteiger partial charge in [-0.1, -0.05) is 31.1 Å². The normalized spacial score (nSPS) is 19.7. The van der Waals surface area contributed by atoms with Gasteiger partial charge in [0.05, 0.1) is 19.3 Å². The van der Waals surface area contributed by atoms with Crippen molar-refractivity contribution in [2.45, 2.75) is 32.4 Å². The molecule has 2 heterocycles. The maximum Gasteiger partial charge on any atom is 0.240 e. The van der Waals surface area contributed by atoms with Crippen molar-refractivity contribution in [3.63, 3.8) is 0 Å². The lowest BCUT2D eigenvalue weighted by molar-refractivity contribution is -0.0356. The lowest BCUT2D eigenvalue weighted by atomic mass is 10.1. The van der Waals surface area contributed by atoms with Crippen molar-refractivity contribution in [2.75, 3.05) is 19.7 Å². The van der Waals surface area contributed by atoms with Crippen LogP contribution in [0.5, 0.6) is 0 Å². The topological polar surface area (TPSA) is 51.4 Å². The third kappa shape index (κ3) is 3.51. The zero-order valence-electron chi connectivity index (χ0n) is 12.8. The first-order valence-corrected chi connectivity index (χ1v) is 7.53. The highest BCUT2D eigenvalue weighted by molar-refractivity contribution is 5.19. The van der Waals surface area contributed by atoms with E-state index in [1.54, 1.807) is 12.1 Å². The molecule has 5 nitrogen and oxygen atoms in total. The van der Waals surface area contributed by atoms with Crippen molar-refractivity contribution in [3.05, 3.63) is 47.4 Å². The Hall–Kier alpha value is -1.79. The van der Waals surface area contributed by atoms with Crippen LogP contribution in [0.25, 0.3) is 0 Å². The third-order valence-electron chi connectivity index (χ3n) is 3.75. The van der Waals surface area contributed by atoms with Crippen molar-refractivity contribution < 1.29 is 13.7 Å². The zero-order valence-corrected chi connectivity index (χ0v) is 12.8. The number of benzene rings is 1. The van der Waals surface area contributed by atoms with Gasteiger partial charge >= 0.3 is 0 Å². The first kappa shape index (κ1) is 15.1. The Morgan fingerprint density at radius 3 is 2.77 bits per heavy atom. The Morgan fingerprint density at radius 1 is 1.32 bits per heavy atom. The molecule has 118 valence electrons. The van der Waals surface area contributed by atoms with Gasteiger partial charge in [-0.05, 0) is 17.7 Å². The van der Waals surface area contributed by atoms with Gasteiger partial charge < -0.3 is 9.26 Å². The molecule has 1 aliphatic heterocycles. The second-order valence-corrected chi connectivity index (χ2v) is 5.85. The average molecular weight is 305 g/mol. The molecule has 1 aromatic heterocycles. The molecule has 1 saturated heterocycles. The molecule has 1 fully saturated rings. The van der Waals surface area contributed by atoms with Crippen LogP contribution in [0, 0.1) is 5.82 Å². The number of hydrogen-bond donors (Lipinski definition) is 0. The Bertz CT molecular complexity index is 612. The highest BCUT2D eigenvalue weighted by Crippen LogP contribution is 2.23. The number of rotatable bonds is 4. The SMILES string of the molecule is CC(C)c1noc(CN2CCOC(c3ccc(F)cc3)C2)n1. The maximum absolute atomic E-state index is 13.0. The molecule has 0 aliphatic carbocycles. The lowest BCUT2D eigenvalue weighted by Gasteiger charge is -2.32. The van der Waals surface area contributed by atoms with Gasteiger partial charge in [0, 0.05) is 19.0 Å². The molecule has 1 aliphatic rings. The van der Waals surface area contributed by atoms with E-state index < -0.39 is 0 Å². The van der Waals surface area contributed by atoms with E-state index in [0.717, 1.165) is 24.5 Å². The quantitative estimate of drug-likeness (QED) is 0.869. The van der Waals surface area contributed by atoms with Crippen LogP contribution in [0.3, 0.4) is 0 Å².